The van der Waals surface area contributed by atoms with Crippen LogP contribution in [0.5, 0.6) is 0 Å². The molecule has 2 aliphatic carbocycles. The van der Waals surface area contributed by atoms with Crippen LogP contribution in [0, 0.1) is 5.92 Å². The maximum absolute atomic E-state index is 3.74. The van der Waals surface area contributed by atoms with Crippen molar-refractivity contribution in [1.29, 1.82) is 0 Å². The lowest BCUT2D eigenvalue weighted by atomic mass is 9.97. The van der Waals surface area contributed by atoms with E-state index in [1.807, 2.05) is 0 Å². The Hall–Kier alpha value is -0.0800. The van der Waals surface area contributed by atoms with Crippen LogP contribution >= 0.6 is 0 Å². The van der Waals surface area contributed by atoms with Crippen LogP contribution in [0.3, 0.4) is 0 Å². The largest absolute Gasteiger partial charge is 0.313 e. The van der Waals surface area contributed by atoms with Crippen LogP contribution in [0.15, 0.2) is 0 Å². The van der Waals surface area contributed by atoms with Crippen molar-refractivity contribution in [2.75, 3.05) is 20.1 Å². The summed E-state index contributed by atoms with van der Waals surface area (Å²) in [5, 5.41) is 3.74. The van der Waals surface area contributed by atoms with E-state index >= 15 is 0 Å². The average Bonchev–Trinajstić information content (AvgIpc) is 3.01. The SMILES string of the molecule is CCNC(CN(C)C1CCCC1)C1CCCC1. The first-order valence-corrected chi connectivity index (χ1v) is 7.75. The molecule has 2 aliphatic rings. The monoisotopic (exact) mass is 238 g/mol. The highest BCUT2D eigenvalue weighted by Crippen LogP contribution is 2.29. The number of nitrogens with zero attached hydrogens (tertiary/aromatic N) is 1. The summed E-state index contributed by atoms with van der Waals surface area (Å²) in [6.45, 7) is 4.64. The predicted molar refractivity (Wildman–Crippen MR) is 74.3 cm³/mol. The molecule has 2 saturated carbocycles. The Labute approximate surface area is 107 Å². The second-order valence-corrected chi connectivity index (χ2v) is 6.09. The number of rotatable bonds is 6. The summed E-state index contributed by atoms with van der Waals surface area (Å²) in [5.74, 6) is 0.943. The van der Waals surface area contributed by atoms with Crippen molar-refractivity contribution in [3.8, 4) is 0 Å². The minimum atomic E-state index is 0.744. The Balaban J connectivity index is 1.82. The molecule has 1 N–H and O–H groups in total. The summed E-state index contributed by atoms with van der Waals surface area (Å²) in [6, 6.07) is 1.62. The fourth-order valence-corrected chi connectivity index (χ4v) is 3.81. The van der Waals surface area contributed by atoms with Crippen molar-refractivity contribution in [2.24, 2.45) is 5.92 Å². The molecule has 2 nitrogen and oxygen atoms in total. The maximum atomic E-state index is 3.74. The van der Waals surface area contributed by atoms with Gasteiger partial charge in [0.1, 0.15) is 0 Å². The van der Waals surface area contributed by atoms with Gasteiger partial charge in [0.25, 0.3) is 0 Å². The van der Waals surface area contributed by atoms with E-state index in [1.165, 1.54) is 57.9 Å². The Morgan fingerprint density at radius 1 is 1.06 bits per heavy atom. The molecule has 2 heteroatoms. The van der Waals surface area contributed by atoms with Gasteiger partial charge in [-0.05, 0) is 45.2 Å². The maximum Gasteiger partial charge on any atom is 0.0223 e. The van der Waals surface area contributed by atoms with Gasteiger partial charge in [0.2, 0.25) is 0 Å². The molecule has 0 saturated heterocycles. The molecule has 1 atom stereocenters. The van der Waals surface area contributed by atoms with E-state index in [0.717, 1.165) is 24.5 Å². The van der Waals surface area contributed by atoms with Gasteiger partial charge in [0, 0.05) is 18.6 Å². The first-order valence-electron chi connectivity index (χ1n) is 7.75. The van der Waals surface area contributed by atoms with E-state index in [0.29, 0.717) is 0 Å². The van der Waals surface area contributed by atoms with Gasteiger partial charge in [-0.3, -0.25) is 0 Å². The van der Waals surface area contributed by atoms with Gasteiger partial charge in [0.05, 0.1) is 0 Å². The van der Waals surface area contributed by atoms with Crippen molar-refractivity contribution in [3.05, 3.63) is 0 Å². The number of nitrogens with one attached hydrogen (secondary N) is 1. The standard InChI is InChI=1S/C15H30N2/c1-3-16-15(13-8-4-5-9-13)12-17(2)14-10-6-7-11-14/h13-16H,3-12H2,1-2H3. The fraction of sp³-hybridized carbons (Fsp3) is 1.00. The normalized spacial score (nSPS) is 24.9. The first kappa shape index (κ1) is 13.4. The van der Waals surface area contributed by atoms with Crippen molar-refractivity contribution >= 4 is 0 Å². The molecule has 2 rings (SSSR count). The third-order valence-electron chi connectivity index (χ3n) is 4.87. The lowest BCUT2D eigenvalue weighted by molar-refractivity contribution is 0.192. The van der Waals surface area contributed by atoms with Gasteiger partial charge < -0.3 is 10.2 Å². The summed E-state index contributed by atoms with van der Waals surface area (Å²) in [5.41, 5.74) is 0. The average molecular weight is 238 g/mol. The predicted octanol–water partition coefficient (Wildman–Crippen LogP) is 3.03. The Morgan fingerprint density at radius 2 is 1.65 bits per heavy atom. The summed E-state index contributed by atoms with van der Waals surface area (Å²) in [6.07, 6.45) is 11.6. The van der Waals surface area contributed by atoms with E-state index < -0.39 is 0 Å². The fourth-order valence-electron chi connectivity index (χ4n) is 3.81. The van der Waals surface area contributed by atoms with E-state index in [4.69, 9.17) is 0 Å². The van der Waals surface area contributed by atoms with Crippen LogP contribution in [-0.4, -0.2) is 37.1 Å². The molecule has 0 spiro atoms. The van der Waals surface area contributed by atoms with Gasteiger partial charge in [-0.2, -0.15) is 0 Å². The number of hydrogen-bond acceptors (Lipinski definition) is 2. The van der Waals surface area contributed by atoms with E-state index in [-0.39, 0.29) is 0 Å². The third-order valence-corrected chi connectivity index (χ3v) is 4.87. The highest BCUT2D eigenvalue weighted by Gasteiger charge is 2.28. The Kier molecular flexibility index (Phi) is 5.30. The van der Waals surface area contributed by atoms with Gasteiger partial charge in [0.15, 0.2) is 0 Å². The molecular formula is C15H30N2. The van der Waals surface area contributed by atoms with Gasteiger partial charge in [-0.1, -0.05) is 32.6 Å². The highest BCUT2D eigenvalue weighted by atomic mass is 15.2. The van der Waals surface area contributed by atoms with Crippen LogP contribution in [0.4, 0.5) is 0 Å². The minimum Gasteiger partial charge on any atom is -0.313 e. The van der Waals surface area contributed by atoms with Crippen LogP contribution in [0.25, 0.3) is 0 Å². The first-order chi connectivity index (χ1) is 8.31. The Bertz CT molecular complexity index is 205. The molecule has 0 heterocycles. The molecule has 0 amide bonds. The molecule has 0 aromatic heterocycles. The van der Waals surface area contributed by atoms with Crippen LogP contribution in [0.2, 0.25) is 0 Å². The topological polar surface area (TPSA) is 15.3 Å². The highest BCUT2D eigenvalue weighted by molar-refractivity contribution is 4.85. The summed E-state index contributed by atoms with van der Waals surface area (Å²) >= 11 is 0. The van der Waals surface area contributed by atoms with E-state index in [2.05, 4.69) is 24.2 Å². The van der Waals surface area contributed by atoms with Gasteiger partial charge >= 0.3 is 0 Å². The van der Waals surface area contributed by atoms with Crippen LogP contribution in [-0.2, 0) is 0 Å². The lowest BCUT2D eigenvalue weighted by Crippen LogP contribution is -2.46. The summed E-state index contributed by atoms with van der Waals surface area (Å²) in [7, 11) is 2.34. The van der Waals surface area contributed by atoms with Crippen LogP contribution < -0.4 is 5.32 Å². The molecule has 100 valence electrons. The molecule has 1 unspecified atom stereocenters. The van der Waals surface area contributed by atoms with Crippen molar-refractivity contribution in [2.45, 2.75) is 70.4 Å². The number of likely N-dealkylation sites (N-methyl/N-ethyl adjacent to an activating group) is 2. The van der Waals surface area contributed by atoms with Gasteiger partial charge in [-0.15, -0.1) is 0 Å². The van der Waals surface area contributed by atoms with Gasteiger partial charge in [-0.25, -0.2) is 0 Å². The van der Waals surface area contributed by atoms with E-state index in [1.54, 1.807) is 0 Å². The second kappa shape index (κ2) is 6.75. The zero-order chi connectivity index (χ0) is 12.1. The molecular weight excluding hydrogens is 208 g/mol. The van der Waals surface area contributed by atoms with E-state index in [9.17, 15) is 0 Å². The third kappa shape index (κ3) is 3.69. The smallest absolute Gasteiger partial charge is 0.0223 e. The second-order valence-electron chi connectivity index (χ2n) is 6.09. The summed E-state index contributed by atoms with van der Waals surface area (Å²) < 4.78 is 0. The molecule has 0 aromatic rings. The molecule has 0 aromatic carbocycles. The molecule has 2 fully saturated rings. The Morgan fingerprint density at radius 3 is 2.24 bits per heavy atom. The zero-order valence-electron chi connectivity index (χ0n) is 11.8. The molecule has 0 aliphatic heterocycles. The molecule has 17 heavy (non-hydrogen) atoms. The van der Waals surface area contributed by atoms with Crippen molar-refractivity contribution in [1.82, 2.24) is 10.2 Å². The zero-order valence-corrected chi connectivity index (χ0v) is 11.8. The van der Waals surface area contributed by atoms with Crippen molar-refractivity contribution < 1.29 is 0 Å². The minimum absolute atomic E-state index is 0.744. The van der Waals surface area contributed by atoms with Crippen LogP contribution in [0.1, 0.15) is 58.3 Å². The van der Waals surface area contributed by atoms with Crippen molar-refractivity contribution in [3.63, 3.8) is 0 Å². The molecule has 0 bridgehead atoms. The molecule has 0 radical (unpaired) electrons. The lowest BCUT2D eigenvalue weighted by Gasteiger charge is -2.32. The number of hydrogen-bond donors (Lipinski definition) is 1. The summed E-state index contributed by atoms with van der Waals surface area (Å²) in [4.78, 5) is 2.64. The quantitative estimate of drug-likeness (QED) is 0.765.